The van der Waals surface area contributed by atoms with Crippen molar-refractivity contribution in [3.05, 3.63) is 88.9 Å². The number of hydrogen-bond donors (Lipinski definition) is 0. The van der Waals surface area contributed by atoms with E-state index >= 15 is 0 Å². The number of sulfonamides is 1. The fraction of sp³-hybridized carbons (Fsp3) is 0.179. The molecular formula is C28H25Cl2N2O5PS2. The number of benzene rings is 4. The predicted molar refractivity (Wildman–Crippen MR) is 164 cm³/mol. The van der Waals surface area contributed by atoms with Crippen LogP contribution in [0.15, 0.2) is 83.8 Å². The van der Waals surface area contributed by atoms with Gasteiger partial charge < -0.3 is 9.05 Å². The third-order valence-electron chi connectivity index (χ3n) is 6.05. The lowest BCUT2D eigenvalue weighted by atomic mass is 10.0. The SMILES string of the molecule is CCOP(=O)(CN(c1c(-c2nc3ccccc3s2)ccc2ccccc12)S(=O)(=O)c1cc(Cl)cc(Cl)c1)OCC. The lowest BCUT2D eigenvalue weighted by Gasteiger charge is -2.30. The van der Waals surface area contributed by atoms with Crippen molar-refractivity contribution >= 4 is 78.8 Å². The number of halogens is 2. The first kappa shape index (κ1) is 29.0. The van der Waals surface area contributed by atoms with E-state index in [2.05, 4.69) is 0 Å². The second-order valence-corrected chi connectivity index (χ2v) is 14.5. The minimum atomic E-state index is -4.41. The van der Waals surface area contributed by atoms with Gasteiger partial charge in [-0.3, -0.25) is 8.87 Å². The Bertz CT molecular complexity index is 1800. The summed E-state index contributed by atoms with van der Waals surface area (Å²) in [5, 5.41) is 2.31. The minimum Gasteiger partial charge on any atom is -0.308 e. The first-order valence-electron chi connectivity index (χ1n) is 12.4. The maximum absolute atomic E-state index is 14.5. The Morgan fingerprint density at radius 1 is 0.900 bits per heavy atom. The topological polar surface area (TPSA) is 85.8 Å². The van der Waals surface area contributed by atoms with Crippen molar-refractivity contribution < 1.29 is 22.0 Å². The van der Waals surface area contributed by atoms with Gasteiger partial charge in [-0.2, -0.15) is 0 Å². The molecule has 0 N–H and O–H groups in total. The molecule has 0 unspecified atom stereocenters. The van der Waals surface area contributed by atoms with Crippen LogP contribution in [0.4, 0.5) is 5.69 Å². The van der Waals surface area contributed by atoms with Crippen LogP contribution in [0.5, 0.6) is 0 Å². The Labute approximate surface area is 246 Å². The monoisotopic (exact) mass is 634 g/mol. The maximum Gasteiger partial charge on any atom is 0.350 e. The normalized spacial score (nSPS) is 12.3. The van der Waals surface area contributed by atoms with Gasteiger partial charge in [0.15, 0.2) is 0 Å². The van der Waals surface area contributed by atoms with Gasteiger partial charge in [0, 0.05) is 21.0 Å². The second kappa shape index (κ2) is 11.8. The van der Waals surface area contributed by atoms with Crippen molar-refractivity contribution in [3.63, 3.8) is 0 Å². The lowest BCUT2D eigenvalue weighted by Crippen LogP contribution is -2.33. The van der Waals surface area contributed by atoms with E-state index in [0.29, 0.717) is 21.6 Å². The largest absolute Gasteiger partial charge is 0.350 e. The third kappa shape index (κ3) is 5.78. The Hall–Kier alpha value is -2.49. The van der Waals surface area contributed by atoms with Gasteiger partial charge in [-0.1, -0.05) is 65.7 Å². The van der Waals surface area contributed by atoms with Gasteiger partial charge in [-0.15, -0.1) is 11.3 Å². The van der Waals surface area contributed by atoms with Crippen molar-refractivity contribution in [3.8, 4) is 10.6 Å². The molecule has 7 nitrogen and oxygen atoms in total. The first-order valence-corrected chi connectivity index (χ1v) is 17.1. The number of thiazole rings is 1. The average molecular weight is 636 g/mol. The molecule has 0 saturated heterocycles. The molecule has 1 aromatic heterocycles. The Balaban J connectivity index is 1.84. The highest BCUT2D eigenvalue weighted by Crippen LogP contribution is 2.52. The van der Waals surface area contributed by atoms with E-state index in [-0.39, 0.29) is 28.2 Å². The van der Waals surface area contributed by atoms with E-state index in [0.717, 1.165) is 19.9 Å². The zero-order chi connectivity index (χ0) is 28.5. The highest BCUT2D eigenvalue weighted by Gasteiger charge is 2.37. The average Bonchev–Trinajstić information content (AvgIpc) is 3.35. The van der Waals surface area contributed by atoms with E-state index in [1.165, 1.54) is 29.5 Å². The number of anilines is 1. The number of rotatable bonds is 10. The molecule has 0 aliphatic rings. The van der Waals surface area contributed by atoms with Crippen LogP contribution in [0.2, 0.25) is 10.0 Å². The zero-order valence-corrected chi connectivity index (χ0v) is 25.6. The molecule has 0 bridgehead atoms. The smallest absolute Gasteiger partial charge is 0.308 e. The first-order chi connectivity index (χ1) is 19.1. The quantitative estimate of drug-likeness (QED) is 0.143. The van der Waals surface area contributed by atoms with E-state index in [1.54, 1.807) is 13.8 Å². The fourth-order valence-corrected chi connectivity index (χ4v) is 9.83. The van der Waals surface area contributed by atoms with Gasteiger partial charge in [0.25, 0.3) is 10.0 Å². The molecule has 1 heterocycles. The molecule has 5 rings (SSSR count). The van der Waals surface area contributed by atoms with Crippen LogP contribution >= 0.6 is 42.1 Å². The Morgan fingerprint density at radius 3 is 2.23 bits per heavy atom. The lowest BCUT2D eigenvalue weighted by molar-refractivity contribution is 0.221. The molecule has 5 aromatic rings. The molecule has 0 radical (unpaired) electrons. The van der Waals surface area contributed by atoms with Crippen LogP contribution in [0.1, 0.15) is 13.8 Å². The van der Waals surface area contributed by atoms with Crippen LogP contribution in [0, 0.1) is 0 Å². The van der Waals surface area contributed by atoms with Gasteiger partial charge in [0.2, 0.25) is 0 Å². The molecule has 4 aromatic carbocycles. The van der Waals surface area contributed by atoms with Crippen LogP contribution in [-0.4, -0.2) is 32.9 Å². The number of hydrogen-bond acceptors (Lipinski definition) is 7. The summed E-state index contributed by atoms with van der Waals surface area (Å²) in [6.07, 6.45) is -0.576. The van der Waals surface area contributed by atoms with Crippen LogP contribution in [0.25, 0.3) is 31.6 Å². The maximum atomic E-state index is 14.5. The molecule has 0 atom stereocenters. The van der Waals surface area contributed by atoms with Gasteiger partial charge in [-0.25, -0.2) is 13.4 Å². The standard InChI is InChI=1S/C28H25Cl2N2O5PS2/c1-3-36-38(33,37-4-2)18-32(40(34,35)22-16-20(29)15-21(30)17-22)27-23-10-6-5-9-19(23)13-14-24(27)28-31-25-11-7-8-12-26(25)39-28/h5-17H,3-4,18H2,1-2H3. The van der Waals surface area contributed by atoms with E-state index in [1.807, 2.05) is 60.7 Å². The minimum absolute atomic E-state index is 0.0639. The third-order valence-corrected chi connectivity index (χ3v) is 11.4. The van der Waals surface area contributed by atoms with Gasteiger partial charge in [0.1, 0.15) is 11.3 Å². The summed E-state index contributed by atoms with van der Waals surface area (Å²) in [6, 6.07) is 22.9. The van der Waals surface area contributed by atoms with Crippen molar-refractivity contribution in [2.24, 2.45) is 0 Å². The summed E-state index contributed by atoms with van der Waals surface area (Å²) in [7, 11) is -8.35. The molecule has 0 fully saturated rings. The summed E-state index contributed by atoms with van der Waals surface area (Å²) >= 11 is 13.9. The predicted octanol–water partition coefficient (Wildman–Crippen LogP) is 8.84. The van der Waals surface area contributed by atoms with Gasteiger partial charge >= 0.3 is 7.60 Å². The van der Waals surface area contributed by atoms with E-state index in [9.17, 15) is 13.0 Å². The van der Waals surface area contributed by atoms with Crippen molar-refractivity contribution in [2.75, 3.05) is 23.8 Å². The highest BCUT2D eigenvalue weighted by atomic mass is 35.5. The van der Waals surface area contributed by atoms with E-state index in [4.69, 9.17) is 37.2 Å². The molecular weight excluding hydrogens is 610 g/mol. The molecule has 208 valence electrons. The van der Waals surface area contributed by atoms with Crippen molar-refractivity contribution in [1.82, 2.24) is 4.98 Å². The van der Waals surface area contributed by atoms with Crippen LogP contribution in [0.3, 0.4) is 0 Å². The summed E-state index contributed by atoms with van der Waals surface area (Å²) in [5.74, 6) is 0. The fourth-order valence-electron chi connectivity index (χ4n) is 4.43. The number of para-hydroxylation sites is 1. The molecule has 0 amide bonds. The van der Waals surface area contributed by atoms with Crippen LogP contribution in [-0.2, 0) is 23.6 Å². The molecule has 12 heteroatoms. The summed E-state index contributed by atoms with van der Waals surface area (Å²) in [6.45, 7) is 3.47. The summed E-state index contributed by atoms with van der Waals surface area (Å²) < 4.78 is 56.1. The highest BCUT2D eigenvalue weighted by molar-refractivity contribution is 7.93. The van der Waals surface area contributed by atoms with Gasteiger partial charge in [-0.05, 0) is 55.6 Å². The number of aromatic nitrogens is 1. The summed E-state index contributed by atoms with van der Waals surface area (Å²) in [4.78, 5) is 4.65. The zero-order valence-electron chi connectivity index (χ0n) is 21.6. The Kier molecular flexibility index (Phi) is 8.55. The summed E-state index contributed by atoms with van der Waals surface area (Å²) in [5.41, 5.74) is 1.64. The molecule has 40 heavy (non-hydrogen) atoms. The number of fused-ring (bicyclic) bond motifs is 2. The number of nitrogens with zero attached hydrogens (tertiary/aromatic N) is 2. The van der Waals surface area contributed by atoms with Crippen LogP contribution < -0.4 is 4.31 Å². The van der Waals surface area contributed by atoms with Crippen molar-refractivity contribution in [1.29, 1.82) is 0 Å². The molecule has 0 spiro atoms. The van der Waals surface area contributed by atoms with Crippen molar-refractivity contribution in [2.45, 2.75) is 18.7 Å². The molecule has 0 aliphatic heterocycles. The van der Waals surface area contributed by atoms with E-state index < -0.39 is 23.9 Å². The Morgan fingerprint density at radius 2 is 1.55 bits per heavy atom. The second-order valence-electron chi connectivity index (χ2n) is 8.72. The van der Waals surface area contributed by atoms with Gasteiger partial charge in [0.05, 0.1) is 34.0 Å². The molecule has 0 saturated carbocycles. The molecule has 0 aliphatic carbocycles.